The average Bonchev–Trinajstić information content (AvgIpc) is 2.66. The highest BCUT2D eigenvalue weighted by Crippen LogP contribution is 2.22. The normalized spacial score (nSPS) is 37.2. The van der Waals surface area contributed by atoms with Crippen molar-refractivity contribution in [3.8, 4) is 0 Å². The molecule has 0 aromatic carbocycles. The predicted molar refractivity (Wildman–Crippen MR) is 58.4 cm³/mol. The SMILES string of the molecule is O=C(O)N1CCN2C(C1)NC1C=CN=CC12. The lowest BCUT2D eigenvalue weighted by molar-refractivity contribution is 0.0775. The molecule has 0 saturated carbocycles. The number of nitrogens with zero attached hydrogens (tertiary/aromatic N) is 3. The Morgan fingerprint density at radius 1 is 1.50 bits per heavy atom. The minimum atomic E-state index is -0.833. The lowest BCUT2D eigenvalue weighted by Crippen LogP contribution is -2.56. The number of piperazine rings is 1. The highest BCUT2D eigenvalue weighted by atomic mass is 16.4. The van der Waals surface area contributed by atoms with Gasteiger partial charge < -0.3 is 10.0 Å². The Morgan fingerprint density at radius 3 is 3.19 bits per heavy atom. The molecule has 6 nitrogen and oxygen atoms in total. The maximum atomic E-state index is 10.9. The lowest BCUT2D eigenvalue weighted by Gasteiger charge is -2.37. The van der Waals surface area contributed by atoms with Crippen LogP contribution in [0.25, 0.3) is 0 Å². The predicted octanol–water partition coefficient (Wildman–Crippen LogP) is -0.453. The number of rotatable bonds is 0. The molecule has 6 heteroatoms. The fourth-order valence-corrected chi connectivity index (χ4v) is 2.63. The molecule has 3 rings (SSSR count). The van der Waals surface area contributed by atoms with E-state index in [-0.39, 0.29) is 18.2 Å². The van der Waals surface area contributed by atoms with Gasteiger partial charge in [0.25, 0.3) is 0 Å². The molecule has 2 saturated heterocycles. The first kappa shape index (κ1) is 9.80. The van der Waals surface area contributed by atoms with Gasteiger partial charge in [-0.1, -0.05) is 0 Å². The number of carboxylic acid groups (broad SMARTS) is 1. The zero-order chi connectivity index (χ0) is 11.1. The molecule has 3 unspecified atom stereocenters. The van der Waals surface area contributed by atoms with Crippen LogP contribution in [0.3, 0.4) is 0 Å². The zero-order valence-electron chi connectivity index (χ0n) is 8.78. The van der Waals surface area contributed by atoms with E-state index in [9.17, 15) is 4.79 Å². The number of nitrogens with one attached hydrogen (secondary N) is 1. The molecule has 86 valence electrons. The summed E-state index contributed by atoms with van der Waals surface area (Å²) in [5, 5.41) is 12.4. The van der Waals surface area contributed by atoms with E-state index in [2.05, 4.69) is 15.2 Å². The Bertz CT molecular complexity index is 368. The number of hydrogen-bond acceptors (Lipinski definition) is 4. The zero-order valence-corrected chi connectivity index (χ0v) is 8.78. The molecule has 3 aliphatic heterocycles. The van der Waals surface area contributed by atoms with Gasteiger partial charge in [0.2, 0.25) is 0 Å². The van der Waals surface area contributed by atoms with Crippen molar-refractivity contribution in [1.82, 2.24) is 15.1 Å². The molecule has 2 fully saturated rings. The molecule has 0 aliphatic carbocycles. The molecule has 1 amide bonds. The fourth-order valence-electron chi connectivity index (χ4n) is 2.63. The van der Waals surface area contributed by atoms with Crippen LogP contribution in [0.1, 0.15) is 0 Å². The summed E-state index contributed by atoms with van der Waals surface area (Å²) in [5.41, 5.74) is 0. The molecule has 0 bridgehead atoms. The third-order valence-corrected chi connectivity index (χ3v) is 3.45. The summed E-state index contributed by atoms with van der Waals surface area (Å²) in [4.78, 5) is 18.8. The Labute approximate surface area is 93.2 Å². The Kier molecular flexibility index (Phi) is 2.19. The van der Waals surface area contributed by atoms with Gasteiger partial charge in [0.15, 0.2) is 0 Å². The molecule has 0 radical (unpaired) electrons. The summed E-state index contributed by atoms with van der Waals surface area (Å²) in [6.45, 7) is 1.88. The lowest BCUT2D eigenvalue weighted by atomic mass is 10.1. The van der Waals surface area contributed by atoms with Crippen LogP contribution in [0, 0.1) is 0 Å². The van der Waals surface area contributed by atoms with E-state index in [1.54, 1.807) is 6.20 Å². The number of hydrogen-bond donors (Lipinski definition) is 2. The second-order valence-corrected chi connectivity index (χ2v) is 4.30. The van der Waals surface area contributed by atoms with Crippen LogP contribution in [0.2, 0.25) is 0 Å². The monoisotopic (exact) mass is 222 g/mol. The minimum Gasteiger partial charge on any atom is -0.465 e. The topological polar surface area (TPSA) is 68.2 Å². The van der Waals surface area contributed by atoms with Crippen LogP contribution in [0.15, 0.2) is 17.3 Å². The summed E-state index contributed by atoms with van der Waals surface area (Å²) in [7, 11) is 0. The van der Waals surface area contributed by atoms with E-state index in [1.165, 1.54) is 4.90 Å². The maximum absolute atomic E-state index is 10.9. The molecular formula is C10H14N4O2. The van der Waals surface area contributed by atoms with E-state index < -0.39 is 6.09 Å². The van der Waals surface area contributed by atoms with Crippen molar-refractivity contribution in [1.29, 1.82) is 0 Å². The molecule has 3 aliphatic rings. The second kappa shape index (κ2) is 3.57. The molecule has 0 spiro atoms. The number of fused-ring (bicyclic) bond motifs is 3. The Hall–Kier alpha value is -1.40. The van der Waals surface area contributed by atoms with Gasteiger partial charge in [-0.15, -0.1) is 0 Å². The molecule has 16 heavy (non-hydrogen) atoms. The molecule has 3 atom stereocenters. The second-order valence-electron chi connectivity index (χ2n) is 4.30. The largest absolute Gasteiger partial charge is 0.465 e. The quantitative estimate of drug-likeness (QED) is 0.582. The van der Waals surface area contributed by atoms with Crippen LogP contribution >= 0.6 is 0 Å². The standard InChI is InChI=1S/C10H14N4O2/c15-10(16)13-3-4-14-8-5-11-2-1-7(8)12-9(14)6-13/h1-2,5,7-9,12H,3-4,6H2,(H,15,16). The summed E-state index contributed by atoms with van der Waals surface area (Å²) < 4.78 is 0. The van der Waals surface area contributed by atoms with E-state index in [1.807, 2.05) is 12.3 Å². The van der Waals surface area contributed by atoms with Crippen molar-refractivity contribution in [3.63, 3.8) is 0 Å². The van der Waals surface area contributed by atoms with Gasteiger partial charge in [0, 0.05) is 31.5 Å². The fraction of sp³-hybridized carbons (Fsp3) is 0.600. The highest BCUT2D eigenvalue weighted by Gasteiger charge is 2.42. The third kappa shape index (κ3) is 1.42. The number of carbonyl (C=O) groups is 1. The van der Waals surface area contributed by atoms with Crippen LogP contribution in [0.5, 0.6) is 0 Å². The van der Waals surface area contributed by atoms with Crippen LogP contribution in [0.4, 0.5) is 4.79 Å². The average molecular weight is 222 g/mol. The Morgan fingerprint density at radius 2 is 2.38 bits per heavy atom. The summed E-state index contributed by atoms with van der Waals surface area (Å²) in [5.74, 6) is 0. The minimum absolute atomic E-state index is 0.119. The van der Waals surface area contributed by atoms with E-state index in [0.717, 1.165) is 6.54 Å². The smallest absolute Gasteiger partial charge is 0.407 e. The molecular weight excluding hydrogens is 208 g/mol. The number of aliphatic imine (C=N–C) groups is 1. The van der Waals surface area contributed by atoms with Crippen LogP contribution in [-0.2, 0) is 0 Å². The Balaban J connectivity index is 1.76. The van der Waals surface area contributed by atoms with Crippen LogP contribution < -0.4 is 5.32 Å². The molecule has 0 aromatic heterocycles. The molecule has 2 N–H and O–H groups in total. The maximum Gasteiger partial charge on any atom is 0.407 e. The van der Waals surface area contributed by atoms with Gasteiger partial charge in [-0.3, -0.25) is 15.2 Å². The third-order valence-electron chi connectivity index (χ3n) is 3.45. The van der Waals surface area contributed by atoms with Crippen molar-refractivity contribution < 1.29 is 9.90 Å². The van der Waals surface area contributed by atoms with Gasteiger partial charge in [0.05, 0.1) is 18.8 Å². The molecule has 3 heterocycles. The van der Waals surface area contributed by atoms with Gasteiger partial charge in [-0.05, 0) is 6.08 Å². The van der Waals surface area contributed by atoms with Crippen molar-refractivity contribution in [2.24, 2.45) is 4.99 Å². The number of amides is 1. The van der Waals surface area contributed by atoms with Gasteiger partial charge in [-0.25, -0.2) is 4.79 Å². The van der Waals surface area contributed by atoms with Crippen molar-refractivity contribution in [2.45, 2.75) is 18.2 Å². The van der Waals surface area contributed by atoms with Gasteiger partial charge >= 0.3 is 6.09 Å². The highest BCUT2D eigenvalue weighted by molar-refractivity contribution is 5.70. The van der Waals surface area contributed by atoms with Crippen molar-refractivity contribution in [2.75, 3.05) is 19.6 Å². The van der Waals surface area contributed by atoms with Crippen molar-refractivity contribution >= 4 is 12.3 Å². The van der Waals surface area contributed by atoms with E-state index >= 15 is 0 Å². The van der Waals surface area contributed by atoms with E-state index in [0.29, 0.717) is 13.1 Å². The summed E-state index contributed by atoms with van der Waals surface area (Å²) in [6.07, 6.45) is 5.05. The van der Waals surface area contributed by atoms with E-state index in [4.69, 9.17) is 5.11 Å². The first-order valence-electron chi connectivity index (χ1n) is 5.45. The summed E-state index contributed by atoms with van der Waals surface area (Å²) in [6, 6.07) is 0.558. The molecule has 0 aromatic rings. The first-order chi connectivity index (χ1) is 7.75. The first-order valence-corrected chi connectivity index (χ1v) is 5.45. The summed E-state index contributed by atoms with van der Waals surface area (Å²) >= 11 is 0. The van der Waals surface area contributed by atoms with Crippen LogP contribution in [-0.4, -0.2) is 65.1 Å². The van der Waals surface area contributed by atoms with Gasteiger partial charge in [-0.2, -0.15) is 0 Å². The van der Waals surface area contributed by atoms with Gasteiger partial charge in [0.1, 0.15) is 0 Å². The van der Waals surface area contributed by atoms with Crippen molar-refractivity contribution in [3.05, 3.63) is 12.3 Å².